The van der Waals surface area contributed by atoms with Crippen LogP contribution < -0.4 is 4.74 Å². The van der Waals surface area contributed by atoms with Crippen molar-refractivity contribution in [3.05, 3.63) is 51.7 Å². The van der Waals surface area contributed by atoms with Gasteiger partial charge in [0.1, 0.15) is 11.5 Å². The van der Waals surface area contributed by atoms with E-state index in [4.69, 9.17) is 4.74 Å². The van der Waals surface area contributed by atoms with Crippen LogP contribution in [-0.2, 0) is 21.5 Å². The van der Waals surface area contributed by atoms with Gasteiger partial charge in [-0.1, -0.05) is 0 Å². The average Bonchev–Trinajstić information content (AvgIpc) is 3.51. The van der Waals surface area contributed by atoms with Gasteiger partial charge in [0.2, 0.25) is 0 Å². The molecule has 0 amide bonds. The van der Waals surface area contributed by atoms with Gasteiger partial charge in [0.25, 0.3) is 0 Å². The maximum absolute atomic E-state index is 11.5. The number of carbonyl (C=O) groups is 1. The van der Waals surface area contributed by atoms with Crippen LogP contribution in [0.3, 0.4) is 0 Å². The Balaban J connectivity index is 1.85. The summed E-state index contributed by atoms with van der Waals surface area (Å²) in [5, 5.41) is 10.2. The quantitative estimate of drug-likeness (QED) is 0.124. The Kier molecular flexibility index (Phi) is 7.38. The fraction of sp³-hybridized carbons (Fsp3) is 0.143. The molecule has 0 radical (unpaired) electrons. The van der Waals surface area contributed by atoms with Crippen molar-refractivity contribution >= 4 is 44.2 Å². The Morgan fingerprint density at radius 2 is 1.56 bits per heavy atom. The van der Waals surface area contributed by atoms with E-state index in [0.717, 1.165) is 22.7 Å². The Hall–Kier alpha value is -2.60. The lowest BCUT2D eigenvalue weighted by molar-refractivity contribution is 0.112. The maximum atomic E-state index is 11.5. The van der Waals surface area contributed by atoms with Gasteiger partial charge in [-0.05, 0) is 36.4 Å². The molecule has 0 aliphatic rings. The summed E-state index contributed by atoms with van der Waals surface area (Å²) in [7, 11) is -7.21. The highest BCUT2D eigenvalue weighted by atomic mass is 32.1. The number of aldehydes is 1. The summed E-state index contributed by atoms with van der Waals surface area (Å²) in [5.41, 5.74) is 1.37. The van der Waals surface area contributed by atoms with Gasteiger partial charge in [-0.3, -0.25) is 13.9 Å². The molecule has 0 aliphatic carbocycles. The van der Waals surface area contributed by atoms with Crippen LogP contribution in [-0.4, -0.2) is 48.0 Å². The van der Waals surface area contributed by atoms with Crippen LogP contribution in [0.25, 0.3) is 32.5 Å². The zero-order chi connectivity index (χ0) is 26.3. The number of phenols is 1. The number of phenolic OH excluding ortho intramolecular Hbond substituents is 1. The highest BCUT2D eigenvalue weighted by molar-refractivity contribution is 7.51. The van der Waals surface area contributed by atoms with Crippen LogP contribution in [0.4, 0.5) is 0 Å². The van der Waals surface area contributed by atoms with Gasteiger partial charge in [0.15, 0.2) is 17.8 Å². The van der Waals surface area contributed by atoms with Crippen molar-refractivity contribution in [3.8, 4) is 44.0 Å². The van der Waals surface area contributed by atoms with Crippen molar-refractivity contribution in [2.24, 2.45) is 0 Å². The van der Waals surface area contributed by atoms with Crippen LogP contribution in [0, 0.1) is 0 Å². The molecular weight excluding hydrogens is 550 g/mol. The second-order valence-corrected chi connectivity index (χ2v) is 13.3. The number of benzene rings is 1. The Bertz CT molecular complexity index is 1450. The Morgan fingerprint density at radius 3 is 2.11 bits per heavy atom. The summed E-state index contributed by atoms with van der Waals surface area (Å²) >= 11 is 2.31. The maximum Gasteiger partial charge on any atom is 0.330 e. The van der Waals surface area contributed by atoms with Crippen LogP contribution in [0.2, 0.25) is 0 Å². The molecule has 4 rings (SSSR count). The van der Waals surface area contributed by atoms with Crippen LogP contribution in [0.1, 0.15) is 20.1 Å². The molecule has 11 nitrogen and oxygen atoms in total. The lowest BCUT2D eigenvalue weighted by atomic mass is 10.1. The molecule has 0 saturated heterocycles. The second-order valence-electron chi connectivity index (χ2n) is 7.72. The lowest BCUT2D eigenvalue weighted by Crippen LogP contribution is -1.91. The highest BCUT2D eigenvalue weighted by Crippen LogP contribution is 2.46. The first kappa shape index (κ1) is 26.5. The number of methoxy groups -OCH3 is 1. The smallest absolute Gasteiger partial charge is 0.330 e. The number of H-pyrrole nitrogens is 1. The second kappa shape index (κ2) is 10.0. The number of hydrogen-bond donors (Lipinski definition) is 6. The van der Waals surface area contributed by atoms with E-state index in [9.17, 15) is 38.6 Å². The summed E-state index contributed by atoms with van der Waals surface area (Å²) in [6, 6.07) is 9.49. The van der Waals surface area contributed by atoms with Crippen molar-refractivity contribution in [3.63, 3.8) is 0 Å². The molecule has 15 heteroatoms. The third kappa shape index (κ3) is 6.03. The number of hydrogen-bond acceptors (Lipinski definition) is 8. The van der Waals surface area contributed by atoms with Crippen molar-refractivity contribution in [2.45, 2.75) is 12.3 Å². The molecule has 0 saturated carbocycles. The van der Waals surface area contributed by atoms with Crippen LogP contribution in [0.5, 0.6) is 11.5 Å². The predicted octanol–water partition coefficient (Wildman–Crippen LogP) is 4.42. The van der Waals surface area contributed by atoms with Gasteiger partial charge < -0.3 is 34.4 Å². The number of ether oxygens (including phenoxy) is 1. The topological polar surface area (TPSA) is 190 Å². The third-order valence-corrected chi connectivity index (χ3v) is 9.08. The Labute approximate surface area is 212 Å². The summed E-state index contributed by atoms with van der Waals surface area (Å²) in [6.45, 7) is 0. The normalized spacial score (nSPS) is 12.1. The SMILES string of the molecule is COc1cc(-c2nc(-c3ccc(CP(=O)(O)O)s3)c(-c3ccc(CP(=O)(O)O)s3)[nH]2)cc(C=O)c1O. The molecule has 1 aromatic carbocycles. The Morgan fingerprint density at radius 1 is 0.972 bits per heavy atom. The third-order valence-electron chi connectivity index (χ3n) is 4.96. The molecule has 0 atom stereocenters. The first-order chi connectivity index (χ1) is 16.9. The highest BCUT2D eigenvalue weighted by Gasteiger charge is 2.23. The number of aromatic amines is 1. The molecule has 0 bridgehead atoms. The first-order valence-electron chi connectivity index (χ1n) is 10.1. The number of aromatic nitrogens is 2. The summed E-state index contributed by atoms with van der Waals surface area (Å²) in [6.07, 6.45) is -0.363. The van der Waals surface area contributed by atoms with Gasteiger partial charge in [0, 0.05) is 15.3 Å². The van der Waals surface area contributed by atoms with Crippen LogP contribution in [0.15, 0.2) is 36.4 Å². The number of nitrogens with zero attached hydrogens (tertiary/aromatic N) is 1. The molecule has 0 fully saturated rings. The minimum Gasteiger partial charge on any atom is -0.504 e. The summed E-state index contributed by atoms with van der Waals surface area (Å²) in [4.78, 5) is 58.7. The van der Waals surface area contributed by atoms with Crippen molar-refractivity contribution < 1.29 is 43.3 Å². The van der Waals surface area contributed by atoms with E-state index < -0.39 is 27.5 Å². The molecule has 4 aromatic rings. The number of nitrogens with one attached hydrogen (secondary N) is 1. The van der Waals surface area contributed by atoms with E-state index in [2.05, 4.69) is 9.97 Å². The zero-order valence-electron chi connectivity index (χ0n) is 18.5. The van der Waals surface area contributed by atoms with Crippen molar-refractivity contribution in [1.82, 2.24) is 9.97 Å². The molecule has 0 spiro atoms. The molecular formula is C21H20N2O9P2S2. The number of thiophene rings is 2. The first-order valence-corrected chi connectivity index (χ1v) is 15.3. The van der Waals surface area contributed by atoms with Gasteiger partial charge >= 0.3 is 15.2 Å². The largest absolute Gasteiger partial charge is 0.504 e. The predicted molar refractivity (Wildman–Crippen MR) is 136 cm³/mol. The van der Waals surface area contributed by atoms with Crippen molar-refractivity contribution in [1.29, 1.82) is 0 Å². The fourth-order valence-electron chi connectivity index (χ4n) is 3.47. The molecule has 3 aromatic heterocycles. The number of rotatable bonds is 9. The molecule has 0 aliphatic heterocycles. The minimum atomic E-state index is -4.28. The van der Waals surface area contributed by atoms with Crippen LogP contribution >= 0.6 is 37.9 Å². The van der Waals surface area contributed by atoms with E-state index >= 15 is 0 Å². The summed E-state index contributed by atoms with van der Waals surface area (Å²) in [5.74, 6) is 0.0643. The molecule has 190 valence electrons. The van der Waals surface area contributed by atoms with E-state index in [1.165, 1.54) is 19.2 Å². The van der Waals surface area contributed by atoms with Gasteiger partial charge in [-0.2, -0.15) is 0 Å². The number of aromatic hydroxyl groups is 1. The fourth-order valence-corrected chi connectivity index (χ4v) is 7.62. The molecule has 36 heavy (non-hydrogen) atoms. The number of imidazole rings is 1. The molecule has 0 unspecified atom stereocenters. The summed E-state index contributed by atoms with van der Waals surface area (Å²) < 4.78 is 28.1. The molecule has 3 heterocycles. The van der Waals surface area contributed by atoms with E-state index in [0.29, 0.717) is 48.6 Å². The monoisotopic (exact) mass is 570 g/mol. The average molecular weight is 570 g/mol. The van der Waals surface area contributed by atoms with Gasteiger partial charge in [-0.15, -0.1) is 22.7 Å². The van der Waals surface area contributed by atoms with Crippen molar-refractivity contribution in [2.75, 3.05) is 7.11 Å². The standard InChI is InChI=1S/C21H20N2O9P2S2/c1-32-15-7-11(6-12(8-24)20(15)25)21-22-18(16-4-2-13(35-16)9-33(26,27)28)19(23-21)17-5-3-14(36-17)10-34(29,30)31/h2-8,25H,9-10H2,1H3,(H,22,23)(H2,26,27,28)(H2,29,30,31). The van der Waals surface area contributed by atoms with E-state index in [-0.39, 0.29) is 17.1 Å². The molecule has 6 N–H and O–H groups in total. The van der Waals surface area contributed by atoms with E-state index in [1.807, 2.05) is 0 Å². The van der Waals surface area contributed by atoms with Gasteiger partial charge in [0.05, 0.1) is 40.4 Å². The zero-order valence-corrected chi connectivity index (χ0v) is 21.9. The minimum absolute atomic E-state index is 0.0102. The number of carbonyl (C=O) groups excluding carboxylic acids is 1. The van der Waals surface area contributed by atoms with E-state index in [1.54, 1.807) is 24.3 Å². The van der Waals surface area contributed by atoms with Gasteiger partial charge in [-0.25, -0.2) is 4.98 Å². The lowest BCUT2D eigenvalue weighted by Gasteiger charge is -2.07.